The van der Waals surface area contributed by atoms with Crippen LogP contribution in [0.1, 0.15) is 53.8 Å². The third-order valence-corrected chi connectivity index (χ3v) is 7.51. The lowest BCUT2D eigenvalue weighted by Gasteiger charge is -2.38. The van der Waals surface area contributed by atoms with E-state index in [2.05, 4.69) is 9.88 Å². The summed E-state index contributed by atoms with van der Waals surface area (Å²) in [5.74, 6) is -0.423. The summed E-state index contributed by atoms with van der Waals surface area (Å²) in [6, 6.07) is 5.58. The van der Waals surface area contributed by atoms with Gasteiger partial charge in [0.15, 0.2) is 5.15 Å². The van der Waals surface area contributed by atoms with Crippen molar-refractivity contribution in [3.63, 3.8) is 0 Å². The number of nitrogens with zero attached hydrogens (tertiary/aromatic N) is 3. The van der Waals surface area contributed by atoms with E-state index in [0.29, 0.717) is 21.5 Å². The van der Waals surface area contributed by atoms with Crippen molar-refractivity contribution in [2.75, 3.05) is 26.2 Å². The molecule has 0 unspecified atom stereocenters. The van der Waals surface area contributed by atoms with Gasteiger partial charge in [0.1, 0.15) is 15.7 Å². The molecule has 0 N–H and O–H groups in total. The third-order valence-electron chi connectivity index (χ3n) is 6.04. The fourth-order valence-corrected chi connectivity index (χ4v) is 5.66. The number of amides is 1. The van der Waals surface area contributed by atoms with Crippen LogP contribution in [0.25, 0.3) is 10.6 Å². The Morgan fingerprint density at radius 1 is 1.14 bits per heavy atom. The molecule has 7 heteroatoms. The summed E-state index contributed by atoms with van der Waals surface area (Å²) in [5, 5.41) is 0.625. The average Bonchev–Trinajstić information content (AvgIpc) is 2.92. The highest BCUT2D eigenvalue weighted by Crippen LogP contribution is 2.34. The Balaban J connectivity index is 1.43. The zero-order valence-electron chi connectivity index (χ0n) is 16.8. The highest BCUT2D eigenvalue weighted by atomic mass is 35.5. The second-order valence-electron chi connectivity index (χ2n) is 8.10. The predicted molar refractivity (Wildman–Crippen MR) is 116 cm³/mol. The van der Waals surface area contributed by atoms with Gasteiger partial charge in [-0.05, 0) is 63.4 Å². The van der Waals surface area contributed by atoms with Gasteiger partial charge < -0.3 is 9.80 Å². The van der Waals surface area contributed by atoms with E-state index < -0.39 is 0 Å². The van der Waals surface area contributed by atoms with E-state index in [-0.39, 0.29) is 16.9 Å². The number of thiazole rings is 1. The molecule has 29 heavy (non-hydrogen) atoms. The van der Waals surface area contributed by atoms with Crippen molar-refractivity contribution >= 4 is 28.8 Å². The first-order chi connectivity index (χ1) is 14.0. The number of likely N-dealkylation sites (tertiary alicyclic amines) is 2. The van der Waals surface area contributed by atoms with Crippen LogP contribution in [0.5, 0.6) is 0 Å². The average molecular weight is 436 g/mol. The van der Waals surface area contributed by atoms with Crippen LogP contribution in [-0.4, -0.2) is 52.9 Å². The summed E-state index contributed by atoms with van der Waals surface area (Å²) in [6.45, 7) is 5.69. The van der Waals surface area contributed by atoms with E-state index in [9.17, 15) is 9.18 Å². The Morgan fingerprint density at radius 3 is 2.48 bits per heavy atom. The van der Waals surface area contributed by atoms with Gasteiger partial charge in [-0.1, -0.05) is 30.5 Å². The third kappa shape index (κ3) is 4.65. The van der Waals surface area contributed by atoms with Crippen LogP contribution < -0.4 is 0 Å². The number of rotatable bonds is 3. The van der Waals surface area contributed by atoms with Gasteiger partial charge in [0.05, 0.1) is 0 Å². The van der Waals surface area contributed by atoms with E-state index in [1.54, 1.807) is 6.07 Å². The number of halogens is 2. The summed E-state index contributed by atoms with van der Waals surface area (Å²) in [6.07, 6.45) is 7.24. The van der Waals surface area contributed by atoms with Crippen LogP contribution in [0, 0.1) is 12.7 Å². The smallest absolute Gasteiger partial charge is 0.267 e. The predicted octanol–water partition coefficient (Wildman–Crippen LogP) is 5.39. The maximum Gasteiger partial charge on any atom is 0.267 e. The molecule has 1 aromatic heterocycles. The number of piperidine rings is 1. The lowest BCUT2D eigenvalue weighted by atomic mass is 10.0. The van der Waals surface area contributed by atoms with E-state index >= 15 is 0 Å². The first kappa shape index (κ1) is 20.8. The van der Waals surface area contributed by atoms with Crippen molar-refractivity contribution in [2.24, 2.45) is 0 Å². The second kappa shape index (κ2) is 9.11. The molecule has 4 rings (SSSR count). The maximum atomic E-state index is 14.3. The largest absolute Gasteiger partial charge is 0.338 e. The topological polar surface area (TPSA) is 36.4 Å². The lowest BCUT2D eigenvalue weighted by molar-refractivity contribution is 0.0627. The molecule has 3 heterocycles. The van der Waals surface area contributed by atoms with Gasteiger partial charge in [-0.3, -0.25) is 4.79 Å². The second-order valence-corrected chi connectivity index (χ2v) is 9.45. The Kier molecular flexibility index (Phi) is 6.52. The molecule has 156 valence electrons. The van der Waals surface area contributed by atoms with Crippen molar-refractivity contribution in [2.45, 2.75) is 51.5 Å². The molecule has 2 fully saturated rings. The van der Waals surface area contributed by atoms with Crippen LogP contribution in [0.15, 0.2) is 18.2 Å². The number of carbonyl (C=O) groups excluding carboxylic acids is 1. The monoisotopic (exact) mass is 435 g/mol. The first-order valence-electron chi connectivity index (χ1n) is 10.5. The standard InChI is InChI=1S/C22H27ClFN3OS/c1-15-6-7-17(18(24)14-15)21-25-20(23)19(29-21)22(28)27-12-8-16(9-13-27)26-10-4-2-3-5-11-26/h6-7,14,16H,2-5,8-13H2,1H3. The Morgan fingerprint density at radius 2 is 1.83 bits per heavy atom. The van der Waals surface area contributed by atoms with Crippen LogP contribution >= 0.6 is 22.9 Å². The minimum absolute atomic E-state index is 0.0828. The fourth-order valence-electron chi connectivity index (χ4n) is 4.38. The number of aryl methyl sites for hydroxylation is 1. The number of hydrogen-bond acceptors (Lipinski definition) is 4. The molecular weight excluding hydrogens is 409 g/mol. The molecule has 0 aliphatic carbocycles. The number of carbonyl (C=O) groups is 1. The van der Waals surface area contributed by atoms with Gasteiger partial charge in [0, 0.05) is 24.7 Å². The normalized spacial score (nSPS) is 19.3. The van der Waals surface area contributed by atoms with Crippen molar-refractivity contribution in [1.29, 1.82) is 0 Å². The molecule has 0 atom stereocenters. The molecule has 2 aromatic rings. The van der Waals surface area contributed by atoms with Gasteiger partial charge in [-0.2, -0.15) is 0 Å². The molecule has 2 aliphatic rings. The zero-order valence-corrected chi connectivity index (χ0v) is 18.4. The summed E-state index contributed by atoms with van der Waals surface area (Å²) in [4.78, 5) is 22.2. The van der Waals surface area contributed by atoms with Crippen LogP contribution in [0.4, 0.5) is 4.39 Å². The SMILES string of the molecule is Cc1ccc(-c2nc(Cl)c(C(=O)N3CCC(N4CCCCCC4)CC3)s2)c(F)c1. The van der Waals surface area contributed by atoms with Crippen molar-refractivity contribution in [3.8, 4) is 10.6 Å². The molecule has 0 radical (unpaired) electrons. The summed E-state index contributed by atoms with van der Waals surface area (Å²) < 4.78 is 14.3. The zero-order chi connectivity index (χ0) is 20.4. The Bertz CT molecular complexity index is 871. The van der Waals surface area contributed by atoms with Gasteiger partial charge in [-0.25, -0.2) is 9.37 Å². The van der Waals surface area contributed by atoms with Crippen LogP contribution in [0.2, 0.25) is 5.15 Å². The molecular formula is C22H27ClFN3OS. The molecule has 1 aromatic carbocycles. The first-order valence-corrected chi connectivity index (χ1v) is 11.7. The van der Waals surface area contributed by atoms with E-state index in [4.69, 9.17) is 11.6 Å². The minimum atomic E-state index is -0.340. The van der Waals surface area contributed by atoms with E-state index in [1.165, 1.54) is 56.2 Å². The number of benzene rings is 1. The highest BCUT2D eigenvalue weighted by molar-refractivity contribution is 7.17. The Hall–Kier alpha value is -1.50. The minimum Gasteiger partial charge on any atom is -0.338 e. The van der Waals surface area contributed by atoms with Crippen molar-refractivity contribution in [3.05, 3.63) is 39.6 Å². The summed E-state index contributed by atoms with van der Waals surface area (Å²) in [7, 11) is 0. The van der Waals surface area contributed by atoms with Crippen molar-refractivity contribution in [1.82, 2.24) is 14.8 Å². The number of hydrogen-bond donors (Lipinski definition) is 0. The van der Waals surface area contributed by atoms with Gasteiger partial charge in [0.25, 0.3) is 5.91 Å². The van der Waals surface area contributed by atoms with Crippen molar-refractivity contribution < 1.29 is 9.18 Å². The van der Waals surface area contributed by atoms with Crippen LogP contribution in [-0.2, 0) is 0 Å². The molecule has 1 amide bonds. The quantitative estimate of drug-likeness (QED) is 0.648. The molecule has 2 saturated heterocycles. The summed E-state index contributed by atoms with van der Waals surface area (Å²) in [5.41, 5.74) is 1.24. The molecule has 0 saturated carbocycles. The van der Waals surface area contributed by atoms with E-state index in [1.807, 2.05) is 17.9 Å². The Labute approximate surface area is 180 Å². The maximum absolute atomic E-state index is 14.3. The van der Waals surface area contributed by atoms with Gasteiger partial charge in [0.2, 0.25) is 0 Å². The number of aromatic nitrogens is 1. The lowest BCUT2D eigenvalue weighted by Crippen LogP contribution is -2.47. The fraction of sp³-hybridized carbons (Fsp3) is 0.545. The molecule has 2 aliphatic heterocycles. The molecule has 4 nitrogen and oxygen atoms in total. The molecule has 0 bridgehead atoms. The van der Waals surface area contributed by atoms with Gasteiger partial charge in [-0.15, -0.1) is 11.3 Å². The van der Waals surface area contributed by atoms with Gasteiger partial charge >= 0.3 is 0 Å². The molecule has 0 spiro atoms. The summed E-state index contributed by atoms with van der Waals surface area (Å²) >= 11 is 7.46. The van der Waals surface area contributed by atoms with E-state index in [0.717, 1.165) is 31.5 Å². The highest BCUT2D eigenvalue weighted by Gasteiger charge is 2.30. The van der Waals surface area contributed by atoms with Crippen LogP contribution in [0.3, 0.4) is 0 Å².